The highest BCUT2D eigenvalue weighted by molar-refractivity contribution is 8.00. The molecule has 0 aliphatic carbocycles. The zero-order valence-electron chi connectivity index (χ0n) is 18.7. The third-order valence-electron chi connectivity index (χ3n) is 5.05. The zero-order valence-corrected chi connectivity index (χ0v) is 19.5. The summed E-state index contributed by atoms with van der Waals surface area (Å²) in [6.45, 7) is 4.10. The number of benzene rings is 3. The third kappa shape index (κ3) is 6.47. The molecule has 1 atom stereocenters. The first-order chi connectivity index (χ1) is 15.6. The van der Waals surface area contributed by atoms with Gasteiger partial charge in [-0.25, -0.2) is 0 Å². The molecule has 0 saturated carbocycles. The SMILES string of the molecule is CCCCC(=O)Nc1cccc(SC(CC)C(=O)N(c2ccccc2)c2ccccc2)c1. The molecule has 0 aromatic heterocycles. The van der Waals surface area contributed by atoms with Crippen molar-refractivity contribution in [1.29, 1.82) is 0 Å². The van der Waals surface area contributed by atoms with Crippen LogP contribution in [0.3, 0.4) is 0 Å². The summed E-state index contributed by atoms with van der Waals surface area (Å²) in [5.41, 5.74) is 2.46. The first-order valence-electron chi connectivity index (χ1n) is 11.1. The van der Waals surface area contributed by atoms with Crippen LogP contribution in [0.5, 0.6) is 0 Å². The molecule has 32 heavy (non-hydrogen) atoms. The number of para-hydroxylation sites is 2. The van der Waals surface area contributed by atoms with Crippen molar-refractivity contribution >= 4 is 40.6 Å². The largest absolute Gasteiger partial charge is 0.326 e. The highest BCUT2D eigenvalue weighted by Gasteiger charge is 2.26. The van der Waals surface area contributed by atoms with Crippen LogP contribution in [0.15, 0.2) is 89.8 Å². The molecule has 0 bridgehead atoms. The Labute approximate surface area is 195 Å². The van der Waals surface area contributed by atoms with Gasteiger partial charge in [0.25, 0.3) is 0 Å². The molecule has 5 heteroatoms. The van der Waals surface area contributed by atoms with Gasteiger partial charge >= 0.3 is 0 Å². The molecule has 0 heterocycles. The van der Waals surface area contributed by atoms with Gasteiger partial charge in [-0.05, 0) is 55.3 Å². The molecule has 0 aliphatic rings. The van der Waals surface area contributed by atoms with Crippen molar-refractivity contribution in [2.75, 3.05) is 10.2 Å². The number of hydrogen-bond donors (Lipinski definition) is 1. The average Bonchev–Trinajstić information content (AvgIpc) is 2.83. The molecule has 1 unspecified atom stereocenters. The minimum absolute atomic E-state index is 0.0245. The number of thioether (sulfide) groups is 1. The second-order valence-corrected chi connectivity index (χ2v) is 8.82. The normalized spacial score (nSPS) is 11.6. The van der Waals surface area contributed by atoms with Crippen molar-refractivity contribution in [2.45, 2.75) is 49.7 Å². The summed E-state index contributed by atoms with van der Waals surface area (Å²) >= 11 is 1.53. The summed E-state index contributed by atoms with van der Waals surface area (Å²) in [6.07, 6.45) is 3.07. The number of nitrogens with zero attached hydrogens (tertiary/aromatic N) is 1. The molecule has 166 valence electrons. The monoisotopic (exact) mass is 446 g/mol. The molecule has 2 amide bonds. The van der Waals surface area contributed by atoms with Gasteiger partial charge in [0, 0.05) is 28.4 Å². The Kier molecular flexibility index (Phi) is 8.93. The molecular formula is C27H30N2O2S. The van der Waals surface area contributed by atoms with Gasteiger partial charge in [-0.3, -0.25) is 14.5 Å². The summed E-state index contributed by atoms with van der Waals surface area (Å²) < 4.78 is 0. The molecule has 3 rings (SSSR count). The number of amides is 2. The van der Waals surface area contributed by atoms with Crippen molar-refractivity contribution in [3.05, 3.63) is 84.9 Å². The average molecular weight is 447 g/mol. The summed E-state index contributed by atoms with van der Waals surface area (Å²) in [4.78, 5) is 28.5. The Morgan fingerprint density at radius 1 is 0.875 bits per heavy atom. The highest BCUT2D eigenvalue weighted by atomic mass is 32.2. The zero-order chi connectivity index (χ0) is 22.8. The predicted octanol–water partition coefficient (Wildman–Crippen LogP) is 7.05. The van der Waals surface area contributed by atoms with Crippen molar-refractivity contribution in [3.8, 4) is 0 Å². The van der Waals surface area contributed by atoms with E-state index in [1.54, 1.807) is 4.90 Å². The second kappa shape index (κ2) is 12.1. The lowest BCUT2D eigenvalue weighted by atomic mass is 10.2. The Hall–Kier alpha value is -3.05. The molecule has 1 N–H and O–H groups in total. The fourth-order valence-corrected chi connectivity index (χ4v) is 4.44. The van der Waals surface area contributed by atoms with E-state index in [-0.39, 0.29) is 17.1 Å². The molecule has 0 fully saturated rings. The van der Waals surface area contributed by atoms with Crippen molar-refractivity contribution in [2.24, 2.45) is 0 Å². The second-order valence-electron chi connectivity index (χ2n) is 7.54. The van der Waals surface area contributed by atoms with Crippen LogP contribution in [0, 0.1) is 0 Å². The van der Waals surface area contributed by atoms with Crippen molar-refractivity contribution in [3.63, 3.8) is 0 Å². The Morgan fingerprint density at radius 2 is 1.50 bits per heavy atom. The summed E-state index contributed by atoms with van der Waals surface area (Å²) in [7, 11) is 0. The van der Waals surface area contributed by atoms with Gasteiger partial charge in [0.15, 0.2) is 0 Å². The van der Waals surface area contributed by atoms with Crippen LogP contribution in [-0.4, -0.2) is 17.1 Å². The highest BCUT2D eigenvalue weighted by Crippen LogP contribution is 2.33. The fraction of sp³-hybridized carbons (Fsp3) is 0.259. The minimum atomic E-state index is -0.263. The van der Waals surface area contributed by atoms with Crippen LogP contribution in [0.25, 0.3) is 0 Å². The van der Waals surface area contributed by atoms with E-state index in [2.05, 4.69) is 12.2 Å². The van der Waals surface area contributed by atoms with Crippen molar-refractivity contribution < 1.29 is 9.59 Å². The summed E-state index contributed by atoms with van der Waals surface area (Å²) in [5, 5.41) is 2.70. The van der Waals surface area contributed by atoms with Crippen LogP contribution in [0.1, 0.15) is 39.5 Å². The van der Waals surface area contributed by atoms with E-state index in [1.165, 1.54) is 11.8 Å². The van der Waals surface area contributed by atoms with Crippen LogP contribution < -0.4 is 10.2 Å². The van der Waals surface area contributed by atoms with Crippen LogP contribution in [-0.2, 0) is 9.59 Å². The van der Waals surface area contributed by atoms with Gasteiger partial charge in [0.05, 0.1) is 5.25 Å². The third-order valence-corrected chi connectivity index (χ3v) is 6.39. The first kappa shape index (κ1) is 23.6. The maximum atomic E-state index is 13.7. The predicted molar refractivity (Wildman–Crippen MR) is 135 cm³/mol. The summed E-state index contributed by atoms with van der Waals surface area (Å²) in [5.74, 6) is 0.0590. The fourth-order valence-electron chi connectivity index (χ4n) is 3.38. The molecule has 0 radical (unpaired) electrons. The molecule has 3 aromatic carbocycles. The molecule has 3 aromatic rings. The standard InChI is InChI=1S/C27H30N2O2S/c1-3-5-19-26(30)28-21-13-12-18-24(20-21)32-25(4-2)27(31)29(22-14-8-6-9-15-22)23-16-10-7-11-17-23/h6-18,20,25H,3-5,19H2,1-2H3,(H,28,30). The van der Waals surface area contributed by atoms with Gasteiger partial charge in [-0.2, -0.15) is 0 Å². The topological polar surface area (TPSA) is 49.4 Å². The smallest absolute Gasteiger partial charge is 0.245 e. The number of anilines is 3. The van der Waals surface area contributed by atoms with E-state index in [4.69, 9.17) is 0 Å². The maximum Gasteiger partial charge on any atom is 0.245 e. The van der Waals surface area contributed by atoms with E-state index in [9.17, 15) is 9.59 Å². The number of rotatable bonds is 10. The molecule has 0 saturated heterocycles. The molecule has 4 nitrogen and oxygen atoms in total. The molecular weight excluding hydrogens is 416 g/mol. The van der Waals surface area contributed by atoms with Crippen LogP contribution >= 0.6 is 11.8 Å². The summed E-state index contributed by atoms with van der Waals surface area (Å²) in [6, 6.07) is 27.2. The van der Waals surface area contributed by atoms with Gasteiger partial charge in [0.1, 0.15) is 0 Å². The first-order valence-corrected chi connectivity index (χ1v) is 12.0. The van der Waals surface area contributed by atoms with Crippen LogP contribution in [0.2, 0.25) is 0 Å². The van der Waals surface area contributed by atoms with Gasteiger partial charge in [-0.15, -0.1) is 11.8 Å². The van der Waals surface area contributed by atoms with E-state index >= 15 is 0 Å². The minimum Gasteiger partial charge on any atom is -0.326 e. The van der Waals surface area contributed by atoms with Crippen molar-refractivity contribution in [1.82, 2.24) is 0 Å². The van der Waals surface area contributed by atoms with Gasteiger partial charge in [0.2, 0.25) is 11.8 Å². The Bertz CT molecular complexity index is 969. The quantitative estimate of drug-likeness (QED) is 0.339. The maximum absolute atomic E-state index is 13.7. The Morgan fingerprint density at radius 3 is 2.06 bits per heavy atom. The van der Waals surface area contributed by atoms with Gasteiger partial charge < -0.3 is 5.32 Å². The van der Waals surface area contributed by atoms with Gasteiger partial charge in [-0.1, -0.05) is 62.7 Å². The number of carbonyl (C=O) groups excluding carboxylic acids is 2. The molecule has 0 spiro atoms. The Balaban J connectivity index is 1.80. The van der Waals surface area contributed by atoms with Crippen LogP contribution in [0.4, 0.5) is 17.1 Å². The lowest BCUT2D eigenvalue weighted by molar-refractivity contribution is -0.117. The number of carbonyl (C=O) groups is 2. The number of unbranched alkanes of at least 4 members (excludes halogenated alkanes) is 1. The van der Waals surface area contributed by atoms with E-state index in [1.807, 2.05) is 91.9 Å². The lowest BCUT2D eigenvalue weighted by Crippen LogP contribution is -2.34. The number of hydrogen-bond acceptors (Lipinski definition) is 3. The van der Waals surface area contributed by atoms with E-state index in [0.29, 0.717) is 12.8 Å². The van der Waals surface area contributed by atoms with E-state index < -0.39 is 0 Å². The lowest BCUT2D eigenvalue weighted by Gasteiger charge is -2.27. The molecule has 0 aliphatic heterocycles. The number of nitrogens with one attached hydrogen (secondary N) is 1. The van der Waals surface area contributed by atoms with E-state index in [0.717, 1.165) is 34.8 Å².